The van der Waals surface area contributed by atoms with Crippen molar-refractivity contribution in [3.8, 4) is 0 Å². The summed E-state index contributed by atoms with van der Waals surface area (Å²) in [5.74, 6) is -1.10. The van der Waals surface area contributed by atoms with Gasteiger partial charge in [0.2, 0.25) is 0 Å². The lowest BCUT2D eigenvalue weighted by Gasteiger charge is -2.12. The molecular weight excluding hydrogens is 194 g/mol. The van der Waals surface area contributed by atoms with E-state index < -0.39 is 11.9 Å². The van der Waals surface area contributed by atoms with E-state index in [1.54, 1.807) is 27.1 Å². The van der Waals surface area contributed by atoms with Crippen LogP contribution in [0.3, 0.4) is 0 Å². The van der Waals surface area contributed by atoms with Gasteiger partial charge in [-0.2, -0.15) is 0 Å². The van der Waals surface area contributed by atoms with Crippen molar-refractivity contribution in [3.63, 3.8) is 0 Å². The Morgan fingerprint density at radius 2 is 1.93 bits per heavy atom. The predicted octanol–water partition coefficient (Wildman–Crippen LogP) is 1.49. The smallest absolute Gasteiger partial charge is 0.338 e. The van der Waals surface area contributed by atoms with E-state index in [4.69, 9.17) is 4.74 Å². The molecule has 0 aromatic carbocycles. The van der Waals surface area contributed by atoms with E-state index in [1.807, 2.05) is 6.92 Å². The SMILES string of the molecule is C=C(OC(=O)/C(C)=C/CC)C(=O)N(C)C. The van der Waals surface area contributed by atoms with Crippen molar-refractivity contribution in [1.29, 1.82) is 0 Å². The standard InChI is InChI=1S/C11H17NO3/c1-6-7-8(2)11(14)15-9(3)10(13)12(4)5/h7H,3,6H2,1-2,4-5H3/b8-7+. The lowest BCUT2D eigenvalue weighted by Crippen LogP contribution is -2.25. The first kappa shape index (κ1) is 13.4. The molecule has 0 saturated heterocycles. The van der Waals surface area contributed by atoms with Crippen molar-refractivity contribution in [2.24, 2.45) is 0 Å². The molecule has 0 aromatic heterocycles. The Morgan fingerprint density at radius 1 is 1.40 bits per heavy atom. The van der Waals surface area contributed by atoms with Gasteiger partial charge in [-0.1, -0.05) is 19.6 Å². The van der Waals surface area contributed by atoms with E-state index in [0.717, 1.165) is 6.42 Å². The maximum Gasteiger partial charge on any atom is 0.338 e. The molecule has 0 spiro atoms. The zero-order valence-corrected chi connectivity index (χ0v) is 9.66. The summed E-state index contributed by atoms with van der Waals surface area (Å²) in [6.45, 7) is 6.95. The second kappa shape index (κ2) is 6.01. The second-order valence-corrected chi connectivity index (χ2v) is 3.31. The molecule has 0 N–H and O–H groups in total. The number of nitrogens with zero attached hydrogens (tertiary/aromatic N) is 1. The average Bonchev–Trinajstić information content (AvgIpc) is 2.16. The first-order valence-corrected chi connectivity index (χ1v) is 4.69. The molecule has 0 saturated carbocycles. The van der Waals surface area contributed by atoms with Gasteiger partial charge in [0.1, 0.15) is 0 Å². The molecule has 0 unspecified atom stereocenters. The van der Waals surface area contributed by atoms with Crippen LogP contribution < -0.4 is 0 Å². The van der Waals surface area contributed by atoms with Crippen LogP contribution in [0.4, 0.5) is 0 Å². The minimum atomic E-state index is -0.531. The predicted molar refractivity (Wildman–Crippen MR) is 58.0 cm³/mol. The first-order valence-electron chi connectivity index (χ1n) is 4.69. The lowest BCUT2D eigenvalue weighted by atomic mass is 10.2. The number of allylic oxidation sites excluding steroid dienone is 1. The van der Waals surface area contributed by atoms with Crippen molar-refractivity contribution in [3.05, 3.63) is 24.0 Å². The number of amides is 1. The van der Waals surface area contributed by atoms with E-state index >= 15 is 0 Å². The Kier molecular flexibility index (Phi) is 5.37. The maximum atomic E-state index is 11.3. The van der Waals surface area contributed by atoms with Crippen molar-refractivity contribution >= 4 is 11.9 Å². The van der Waals surface area contributed by atoms with Gasteiger partial charge in [-0.15, -0.1) is 0 Å². The fourth-order valence-electron chi connectivity index (χ4n) is 0.875. The van der Waals surface area contributed by atoms with E-state index in [2.05, 4.69) is 6.58 Å². The summed E-state index contributed by atoms with van der Waals surface area (Å²) in [5, 5.41) is 0. The zero-order chi connectivity index (χ0) is 12.0. The molecule has 15 heavy (non-hydrogen) atoms. The van der Waals surface area contributed by atoms with Gasteiger partial charge in [0, 0.05) is 19.7 Å². The molecule has 0 aliphatic heterocycles. The van der Waals surface area contributed by atoms with Crippen molar-refractivity contribution in [2.75, 3.05) is 14.1 Å². The number of ether oxygens (including phenoxy) is 1. The molecule has 0 aromatic rings. The molecule has 0 atom stereocenters. The Morgan fingerprint density at radius 3 is 2.33 bits per heavy atom. The van der Waals surface area contributed by atoms with E-state index in [9.17, 15) is 9.59 Å². The Labute approximate surface area is 90.2 Å². The fourth-order valence-corrected chi connectivity index (χ4v) is 0.875. The van der Waals surface area contributed by atoms with Gasteiger partial charge < -0.3 is 9.64 Å². The summed E-state index contributed by atoms with van der Waals surface area (Å²) < 4.78 is 4.79. The second-order valence-electron chi connectivity index (χ2n) is 3.31. The van der Waals surface area contributed by atoms with Crippen molar-refractivity contribution in [1.82, 2.24) is 4.90 Å². The van der Waals surface area contributed by atoms with Crippen molar-refractivity contribution in [2.45, 2.75) is 20.3 Å². The highest BCUT2D eigenvalue weighted by Crippen LogP contribution is 2.05. The zero-order valence-electron chi connectivity index (χ0n) is 9.66. The number of rotatable bonds is 4. The highest BCUT2D eigenvalue weighted by Gasteiger charge is 2.15. The Bertz CT molecular complexity index is 303. The summed E-state index contributed by atoms with van der Waals surface area (Å²) in [7, 11) is 3.13. The number of likely N-dealkylation sites (N-methyl/N-ethyl adjacent to an activating group) is 1. The van der Waals surface area contributed by atoms with Gasteiger partial charge in [0.15, 0.2) is 5.76 Å². The molecule has 0 radical (unpaired) electrons. The lowest BCUT2D eigenvalue weighted by molar-refractivity contribution is -0.141. The molecular formula is C11H17NO3. The van der Waals surface area contributed by atoms with Gasteiger partial charge in [0.25, 0.3) is 5.91 Å². The van der Waals surface area contributed by atoms with Gasteiger partial charge >= 0.3 is 5.97 Å². The van der Waals surface area contributed by atoms with E-state index in [0.29, 0.717) is 5.57 Å². The van der Waals surface area contributed by atoms with Gasteiger partial charge in [-0.25, -0.2) is 4.79 Å². The third kappa shape index (κ3) is 4.44. The van der Waals surface area contributed by atoms with Crippen LogP contribution in [0.25, 0.3) is 0 Å². The number of carbonyl (C=O) groups excluding carboxylic acids is 2. The monoisotopic (exact) mass is 211 g/mol. The molecule has 0 fully saturated rings. The average molecular weight is 211 g/mol. The summed E-state index contributed by atoms with van der Waals surface area (Å²) >= 11 is 0. The molecule has 0 aliphatic carbocycles. The molecule has 0 aliphatic rings. The fraction of sp³-hybridized carbons (Fsp3) is 0.455. The van der Waals surface area contributed by atoms with Gasteiger partial charge in [-0.3, -0.25) is 4.79 Å². The third-order valence-corrected chi connectivity index (χ3v) is 1.69. The number of hydrogen-bond acceptors (Lipinski definition) is 3. The van der Waals surface area contributed by atoms with Crippen LogP contribution in [0.1, 0.15) is 20.3 Å². The van der Waals surface area contributed by atoms with Gasteiger partial charge in [0.05, 0.1) is 0 Å². The molecule has 1 amide bonds. The largest absolute Gasteiger partial charge is 0.418 e. The normalized spacial score (nSPS) is 10.8. The molecule has 0 heterocycles. The Balaban J connectivity index is 4.38. The summed E-state index contributed by atoms with van der Waals surface area (Å²) in [6.07, 6.45) is 2.48. The van der Waals surface area contributed by atoms with Crippen LogP contribution in [-0.2, 0) is 14.3 Å². The quantitative estimate of drug-likeness (QED) is 0.402. The van der Waals surface area contributed by atoms with Crippen LogP contribution >= 0.6 is 0 Å². The van der Waals surface area contributed by atoms with Crippen LogP contribution in [0.15, 0.2) is 24.0 Å². The minimum Gasteiger partial charge on any atom is -0.418 e. The molecule has 4 heteroatoms. The number of carbonyl (C=O) groups is 2. The number of hydrogen-bond donors (Lipinski definition) is 0. The van der Waals surface area contributed by atoms with Crippen LogP contribution in [-0.4, -0.2) is 30.9 Å². The van der Waals surface area contributed by atoms with Crippen LogP contribution in [0.2, 0.25) is 0 Å². The number of esters is 1. The van der Waals surface area contributed by atoms with Crippen molar-refractivity contribution < 1.29 is 14.3 Å². The molecule has 0 bridgehead atoms. The third-order valence-electron chi connectivity index (χ3n) is 1.69. The molecule has 84 valence electrons. The Hall–Kier alpha value is -1.58. The van der Waals surface area contributed by atoms with E-state index in [-0.39, 0.29) is 5.76 Å². The maximum absolute atomic E-state index is 11.3. The first-order chi connectivity index (χ1) is 6.90. The van der Waals surface area contributed by atoms with Crippen LogP contribution in [0, 0.1) is 0 Å². The summed E-state index contributed by atoms with van der Waals surface area (Å²) in [4.78, 5) is 23.9. The van der Waals surface area contributed by atoms with Gasteiger partial charge in [-0.05, 0) is 13.3 Å². The topological polar surface area (TPSA) is 46.6 Å². The van der Waals surface area contributed by atoms with Crippen LogP contribution in [0.5, 0.6) is 0 Å². The van der Waals surface area contributed by atoms with E-state index in [1.165, 1.54) is 4.90 Å². The minimum absolute atomic E-state index is 0.158. The molecule has 4 nitrogen and oxygen atoms in total. The molecule has 0 rings (SSSR count). The highest BCUT2D eigenvalue weighted by atomic mass is 16.5. The highest BCUT2D eigenvalue weighted by molar-refractivity contribution is 5.96. The summed E-state index contributed by atoms with van der Waals surface area (Å²) in [6, 6.07) is 0. The summed E-state index contributed by atoms with van der Waals surface area (Å²) in [5.41, 5.74) is 0.477.